The minimum Gasteiger partial charge on any atom is -0.481 e. The fraction of sp³-hybridized carbons (Fsp3) is 0.533. The van der Waals surface area contributed by atoms with Crippen molar-refractivity contribution in [1.82, 2.24) is 25.1 Å². The Labute approximate surface area is 245 Å². The molecule has 3 amide bonds. The predicted octanol–water partition coefficient (Wildman–Crippen LogP) is 3.08. The number of nitrogens with one attached hydrogen (secondary N) is 1. The first kappa shape index (κ1) is 30.9. The molecule has 0 spiro atoms. The van der Waals surface area contributed by atoms with Gasteiger partial charge in [0.05, 0.1) is 18.4 Å². The van der Waals surface area contributed by atoms with E-state index in [1.54, 1.807) is 20.1 Å². The van der Waals surface area contributed by atoms with E-state index in [0.29, 0.717) is 11.5 Å². The lowest BCUT2D eigenvalue weighted by atomic mass is 9.83. The Bertz CT molecular complexity index is 1250. The average molecular weight is 582 g/mol. The van der Waals surface area contributed by atoms with Crippen molar-refractivity contribution in [3.05, 3.63) is 47.8 Å². The van der Waals surface area contributed by atoms with Gasteiger partial charge >= 0.3 is 12.1 Å². The summed E-state index contributed by atoms with van der Waals surface area (Å²) in [5.74, 6) is -1.69. The number of carbonyl (C=O) groups excluding carboxylic acids is 3. The number of hydrogen-bond acceptors (Lipinski definition) is 8. The fourth-order valence-corrected chi connectivity index (χ4v) is 5.51. The highest BCUT2D eigenvalue weighted by Crippen LogP contribution is 2.35. The molecular weight excluding hydrogens is 542 g/mol. The highest BCUT2D eigenvalue weighted by Gasteiger charge is 2.33. The van der Waals surface area contributed by atoms with Gasteiger partial charge in [0.15, 0.2) is 5.82 Å². The van der Waals surface area contributed by atoms with Gasteiger partial charge in [0.2, 0.25) is 5.91 Å². The third kappa shape index (κ3) is 7.81. The summed E-state index contributed by atoms with van der Waals surface area (Å²) in [4.78, 5) is 63.0. The molecule has 2 aliphatic rings. The molecule has 1 aromatic heterocycles. The number of hydrogen-bond donors (Lipinski definition) is 2. The Hall–Kier alpha value is -4.06. The van der Waals surface area contributed by atoms with Gasteiger partial charge in [0.1, 0.15) is 11.7 Å². The molecule has 2 N–H and O–H groups in total. The SMILES string of the molecule is CCOC(=O)N1CCN(C(=O)C(CCC(=O)O)NC(=O)c2cc(C3CCCC[C@@H]3OC)nc(-c3ccccc3)n2)CC1. The third-order valence-corrected chi connectivity index (χ3v) is 7.76. The zero-order valence-corrected chi connectivity index (χ0v) is 24.2. The van der Waals surface area contributed by atoms with Gasteiger partial charge in [-0.05, 0) is 32.3 Å². The molecule has 12 heteroatoms. The molecule has 1 aromatic carbocycles. The van der Waals surface area contributed by atoms with Gasteiger partial charge in [0.25, 0.3) is 5.91 Å². The average Bonchev–Trinajstić information content (AvgIpc) is 3.02. The Morgan fingerprint density at radius 3 is 2.38 bits per heavy atom. The second kappa shape index (κ2) is 14.7. The summed E-state index contributed by atoms with van der Waals surface area (Å²) < 4.78 is 10.8. The summed E-state index contributed by atoms with van der Waals surface area (Å²) >= 11 is 0. The van der Waals surface area contributed by atoms with Gasteiger partial charge in [-0.2, -0.15) is 0 Å². The third-order valence-electron chi connectivity index (χ3n) is 7.76. The zero-order valence-electron chi connectivity index (χ0n) is 24.2. The maximum absolute atomic E-state index is 13.6. The van der Waals surface area contributed by atoms with E-state index in [9.17, 15) is 24.3 Å². The smallest absolute Gasteiger partial charge is 0.409 e. The van der Waals surface area contributed by atoms with E-state index in [4.69, 9.17) is 14.5 Å². The van der Waals surface area contributed by atoms with Crippen LogP contribution in [-0.4, -0.2) is 101 Å². The second-order valence-corrected chi connectivity index (χ2v) is 10.5. The van der Waals surface area contributed by atoms with Crippen LogP contribution in [0.4, 0.5) is 4.79 Å². The lowest BCUT2D eigenvalue weighted by molar-refractivity contribution is -0.138. The van der Waals surface area contributed by atoms with Crippen molar-refractivity contribution in [1.29, 1.82) is 0 Å². The molecule has 1 saturated heterocycles. The number of rotatable bonds is 10. The van der Waals surface area contributed by atoms with Gasteiger partial charge < -0.3 is 29.7 Å². The summed E-state index contributed by atoms with van der Waals surface area (Å²) in [5.41, 5.74) is 1.54. The number of aliphatic carboxylic acids is 1. The molecule has 2 heterocycles. The van der Waals surface area contributed by atoms with E-state index >= 15 is 0 Å². The summed E-state index contributed by atoms with van der Waals surface area (Å²) in [6.07, 6.45) is 2.96. The Morgan fingerprint density at radius 1 is 1.02 bits per heavy atom. The standard InChI is InChI=1S/C30H39N5O7/c1-3-42-30(40)35-17-15-34(16-18-35)29(39)22(13-14-26(36)37)33-28(38)24-19-23(21-11-7-8-12-25(21)41-2)31-27(32-24)20-9-5-4-6-10-20/h4-6,9-10,19,21-22,25H,3,7-8,11-18H2,1-2H3,(H,33,38)(H,36,37)/t21?,22?,25-/m0/s1. The first-order valence-electron chi connectivity index (χ1n) is 14.5. The van der Waals surface area contributed by atoms with Crippen LogP contribution < -0.4 is 5.32 Å². The van der Waals surface area contributed by atoms with Crippen LogP contribution in [0, 0.1) is 0 Å². The maximum atomic E-state index is 13.6. The van der Waals surface area contributed by atoms with Crippen molar-refractivity contribution in [2.24, 2.45) is 0 Å². The molecule has 1 aliphatic heterocycles. The molecule has 0 radical (unpaired) electrons. The number of amides is 3. The van der Waals surface area contributed by atoms with Gasteiger partial charge in [-0.3, -0.25) is 14.4 Å². The van der Waals surface area contributed by atoms with Gasteiger partial charge in [-0.15, -0.1) is 0 Å². The van der Waals surface area contributed by atoms with Crippen LogP contribution in [0.2, 0.25) is 0 Å². The molecule has 1 saturated carbocycles. The molecule has 2 aromatic rings. The van der Waals surface area contributed by atoms with E-state index in [1.807, 2.05) is 30.3 Å². The molecule has 12 nitrogen and oxygen atoms in total. The van der Waals surface area contributed by atoms with Crippen molar-refractivity contribution in [2.75, 3.05) is 39.9 Å². The number of piperazine rings is 1. The number of carbonyl (C=O) groups is 4. The van der Waals surface area contributed by atoms with Crippen molar-refractivity contribution < 1.29 is 33.8 Å². The number of benzene rings is 1. The minimum atomic E-state index is -1.08. The monoisotopic (exact) mass is 581 g/mol. The topological polar surface area (TPSA) is 151 Å². The summed E-state index contributed by atoms with van der Waals surface area (Å²) in [6, 6.07) is 9.92. The number of carboxylic acids is 1. The number of methoxy groups -OCH3 is 1. The van der Waals surface area contributed by atoms with Gasteiger partial charge in [-0.25, -0.2) is 14.8 Å². The lowest BCUT2D eigenvalue weighted by Gasteiger charge is -2.36. The van der Waals surface area contributed by atoms with E-state index in [1.165, 1.54) is 9.80 Å². The number of nitrogens with zero attached hydrogens (tertiary/aromatic N) is 4. The van der Waals surface area contributed by atoms with E-state index in [-0.39, 0.29) is 63.3 Å². The molecule has 2 unspecified atom stereocenters. The van der Waals surface area contributed by atoms with E-state index in [0.717, 1.165) is 31.2 Å². The van der Waals surface area contributed by atoms with Crippen LogP contribution in [-0.2, 0) is 19.1 Å². The minimum absolute atomic E-state index is 0.0131. The molecule has 1 aliphatic carbocycles. The van der Waals surface area contributed by atoms with E-state index in [2.05, 4.69) is 10.3 Å². The van der Waals surface area contributed by atoms with Crippen LogP contribution >= 0.6 is 0 Å². The number of carboxylic acid groups (broad SMARTS) is 1. The molecule has 42 heavy (non-hydrogen) atoms. The summed E-state index contributed by atoms with van der Waals surface area (Å²) in [5, 5.41) is 12.1. The summed E-state index contributed by atoms with van der Waals surface area (Å²) in [7, 11) is 1.68. The Morgan fingerprint density at radius 2 is 1.71 bits per heavy atom. The van der Waals surface area contributed by atoms with Crippen LogP contribution in [0.3, 0.4) is 0 Å². The zero-order chi connectivity index (χ0) is 30.1. The molecule has 2 fully saturated rings. The van der Waals surface area contributed by atoms with Crippen molar-refractivity contribution in [3.8, 4) is 11.4 Å². The fourth-order valence-electron chi connectivity index (χ4n) is 5.51. The maximum Gasteiger partial charge on any atom is 0.409 e. The van der Waals surface area contributed by atoms with Crippen molar-refractivity contribution in [3.63, 3.8) is 0 Å². The molecule has 3 atom stereocenters. The summed E-state index contributed by atoms with van der Waals surface area (Å²) in [6.45, 7) is 3.02. The molecule has 0 bridgehead atoms. The molecule has 4 rings (SSSR count). The van der Waals surface area contributed by atoms with Crippen LogP contribution in [0.5, 0.6) is 0 Å². The van der Waals surface area contributed by atoms with E-state index < -0.39 is 29.9 Å². The lowest BCUT2D eigenvalue weighted by Crippen LogP contribution is -2.56. The van der Waals surface area contributed by atoms with Crippen molar-refractivity contribution >= 4 is 23.9 Å². The second-order valence-electron chi connectivity index (χ2n) is 10.5. The Balaban J connectivity index is 1.57. The van der Waals surface area contributed by atoms with Crippen molar-refractivity contribution in [2.45, 2.75) is 63.5 Å². The van der Waals surface area contributed by atoms with Gasteiger partial charge in [0, 0.05) is 51.2 Å². The molecular formula is C30H39N5O7. The molecule has 226 valence electrons. The Kier molecular flexibility index (Phi) is 10.8. The van der Waals surface area contributed by atoms with Gasteiger partial charge in [-0.1, -0.05) is 43.2 Å². The highest BCUT2D eigenvalue weighted by atomic mass is 16.6. The quantitative estimate of drug-likeness (QED) is 0.431. The number of aromatic nitrogens is 2. The predicted molar refractivity (Wildman–Crippen MR) is 153 cm³/mol. The normalized spacial score (nSPS) is 19.6. The van der Waals surface area contributed by atoms with Crippen LogP contribution in [0.15, 0.2) is 36.4 Å². The van der Waals surface area contributed by atoms with Crippen LogP contribution in [0.25, 0.3) is 11.4 Å². The largest absolute Gasteiger partial charge is 0.481 e. The first-order chi connectivity index (χ1) is 20.3. The first-order valence-corrected chi connectivity index (χ1v) is 14.5. The highest BCUT2D eigenvalue weighted by molar-refractivity contribution is 5.96. The number of ether oxygens (including phenoxy) is 2. The van der Waals surface area contributed by atoms with Crippen LogP contribution in [0.1, 0.15) is 67.5 Å².